The van der Waals surface area contributed by atoms with Crippen LogP contribution in [0.4, 0.5) is 13.2 Å². The summed E-state index contributed by atoms with van der Waals surface area (Å²) >= 11 is 18.0. The predicted octanol–water partition coefficient (Wildman–Crippen LogP) is 6.34. The molecular formula is C14H8Cl3F3O. The van der Waals surface area contributed by atoms with Crippen LogP contribution in [-0.4, -0.2) is 7.11 Å². The van der Waals surface area contributed by atoms with Crippen LogP contribution in [0, 0.1) is 0 Å². The maximum absolute atomic E-state index is 12.7. The van der Waals surface area contributed by atoms with Gasteiger partial charge in [0.15, 0.2) is 0 Å². The van der Waals surface area contributed by atoms with Gasteiger partial charge in [0.05, 0.1) is 22.7 Å². The van der Waals surface area contributed by atoms with E-state index in [9.17, 15) is 13.2 Å². The van der Waals surface area contributed by atoms with Crippen molar-refractivity contribution < 1.29 is 17.9 Å². The number of rotatable bonds is 2. The van der Waals surface area contributed by atoms with Crippen LogP contribution in [0.2, 0.25) is 15.1 Å². The average molecular weight is 356 g/mol. The number of ether oxygens (including phenoxy) is 1. The molecule has 0 heterocycles. The van der Waals surface area contributed by atoms with Gasteiger partial charge in [-0.15, -0.1) is 0 Å². The smallest absolute Gasteiger partial charge is 0.416 e. The summed E-state index contributed by atoms with van der Waals surface area (Å²) in [5, 5.41) is 0.788. The zero-order valence-electron chi connectivity index (χ0n) is 10.6. The Kier molecular flexibility index (Phi) is 4.61. The molecule has 0 aliphatic carbocycles. The lowest BCUT2D eigenvalue weighted by Crippen LogP contribution is -2.05. The van der Waals surface area contributed by atoms with E-state index in [-0.39, 0.29) is 15.8 Å². The van der Waals surface area contributed by atoms with Crippen LogP contribution in [0.15, 0.2) is 30.3 Å². The molecule has 0 atom stereocenters. The van der Waals surface area contributed by atoms with Crippen molar-refractivity contribution in [1.82, 2.24) is 0 Å². The van der Waals surface area contributed by atoms with Crippen molar-refractivity contribution in [1.29, 1.82) is 0 Å². The maximum Gasteiger partial charge on any atom is 0.416 e. The van der Waals surface area contributed by atoms with E-state index >= 15 is 0 Å². The van der Waals surface area contributed by atoms with E-state index in [4.69, 9.17) is 39.5 Å². The molecule has 0 bridgehead atoms. The molecule has 0 saturated carbocycles. The molecule has 0 aliphatic heterocycles. The number of alkyl halides is 3. The van der Waals surface area contributed by atoms with Crippen molar-refractivity contribution in [2.24, 2.45) is 0 Å². The van der Waals surface area contributed by atoms with E-state index in [1.165, 1.54) is 25.3 Å². The Balaban J connectivity index is 2.65. The van der Waals surface area contributed by atoms with E-state index < -0.39 is 11.7 Å². The Labute approximate surface area is 134 Å². The van der Waals surface area contributed by atoms with Crippen molar-refractivity contribution in [2.45, 2.75) is 6.18 Å². The number of hydrogen-bond donors (Lipinski definition) is 0. The second-order valence-corrected chi connectivity index (χ2v) is 5.41. The van der Waals surface area contributed by atoms with Crippen LogP contribution >= 0.6 is 34.8 Å². The third kappa shape index (κ3) is 3.39. The predicted molar refractivity (Wildman–Crippen MR) is 78.5 cm³/mol. The molecule has 0 radical (unpaired) electrons. The molecule has 2 rings (SSSR count). The highest BCUT2D eigenvalue weighted by Gasteiger charge is 2.31. The normalized spacial score (nSPS) is 11.6. The van der Waals surface area contributed by atoms with Gasteiger partial charge < -0.3 is 4.74 Å². The average Bonchev–Trinajstić information content (AvgIpc) is 2.36. The molecule has 0 unspecified atom stereocenters. The van der Waals surface area contributed by atoms with E-state index in [0.29, 0.717) is 16.1 Å². The fourth-order valence-corrected chi connectivity index (χ4v) is 2.89. The SMILES string of the molecule is COc1cc(C(F)(F)F)ccc1-c1c(Cl)cc(Cl)cc1Cl. The van der Waals surface area contributed by atoms with Gasteiger partial charge in [0.2, 0.25) is 0 Å². The Bertz CT molecular complexity index is 661. The van der Waals surface area contributed by atoms with E-state index in [2.05, 4.69) is 0 Å². The van der Waals surface area contributed by atoms with Crippen LogP contribution < -0.4 is 4.74 Å². The molecule has 1 nitrogen and oxygen atoms in total. The molecule has 2 aromatic rings. The molecule has 112 valence electrons. The van der Waals surface area contributed by atoms with Crippen LogP contribution in [0.3, 0.4) is 0 Å². The van der Waals surface area contributed by atoms with Gasteiger partial charge in [-0.25, -0.2) is 0 Å². The molecule has 0 aromatic heterocycles. The van der Waals surface area contributed by atoms with Crippen molar-refractivity contribution >= 4 is 34.8 Å². The molecule has 0 fully saturated rings. The van der Waals surface area contributed by atoms with Crippen molar-refractivity contribution in [3.05, 3.63) is 51.0 Å². The number of halogens is 6. The fraction of sp³-hybridized carbons (Fsp3) is 0.143. The molecule has 21 heavy (non-hydrogen) atoms. The summed E-state index contributed by atoms with van der Waals surface area (Å²) < 4.78 is 43.2. The second-order valence-electron chi connectivity index (χ2n) is 4.16. The van der Waals surface area contributed by atoms with Crippen LogP contribution in [-0.2, 0) is 6.18 Å². The van der Waals surface area contributed by atoms with Crippen LogP contribution in [0.5, 0.6) is 5.75 Å². The van der Waals surface area contributed by atoms with Gasteiger partial charge in [-0.05, 0) is 30.3 Å². The first-order valence-corrected chi connectivity index (χ1v) is 6.77. The lowest BCUT2D eigenvalue weighted by Gasteiger charge is -2.15. The zero-order chi connectivity index (χ0) is 15.8. The summed E-state index contributed by atoms with van der Waals surface area (Å²) in [6.07, 6.45) is -4.46. The molecule has 0 saturated heterocycles. The third-order valence-corrected chi connectivity index (χ3v) is 3.62. The van der Waals surface area contributed by atoms with Crippen molar-refractivity contribution in [3.8, 4) is 16.9 Å². The largest absolute Gasteiger partial charge is 0.496 e. The lowest BCUT2D eigenvalue weighted by molar-refractivity contribution is -0.137. The van der Waals surface area contributed by atoms with Crippen LogP contribution in [0.1, 0.15) is 5.56 Å². The molecule has 0 aliphatic rings. The van der Waals surface area contributed by atoms with Crippen LogP contribution in [0.25, 0.3) is 11.1 Å². The van der Waals surface area contributed by atoms with Gasteiger partial charge in [-0.3, -0.25) is 0 Å². The summed E-state index contributed by atoms with van der Waals surface area (Å²) in [4.78, 5) is 0. The third-order valence-electron chi connectivity index (χ3n) is 2.81. The summed E-state index contributed by atoms with van der Waals surface area (Å²) in [5.74, 6) is 0.0240. The number of benzene rings is 2. The van der Waals surface area contributed by atoms with E-state index in [0.717, 1.165) is 12.1 Å². The van der Waals surface area contributed by atoms with Gasteiger partial charge >= 0.3 is 6.18 Å². The second kappa shape index (κ2) is 5.95. The van der Waals surface area contributed by atoms with E-state index in [1.54, 1.807) is 0 Å². The highest BCUT2D eigenvalue weighted by Crippen LogP contribution is 2.43. The topological polar surface area (TPSA) is 9.23 Å². The summed E-state index contributed by atoms with van der Waals surface area (Å²) in [7, 11) is 1.27. The van der Waals surface area contributed by atoms with Gasteiger partial charge in [0.25, 0.3) is 0 Å². The maximum atomic E-state index is 12.7. The van der Waals surface area contributed by atoms with Gasteiger partial charge in [0, 0.05) is 16.1 Å². The summed E-state index contributed by atoms with van der Waals surface area (Å²) in [5.41, 5.74) is -0.0882. The van der Waals surface area contributed by atoms with Gasteiger partial charge in [-0.2, -0.15) is 13.2 Å². The lowest BCUT2D eigenvalue weighted by atomic mass is 10.0. The summed E-state index contributed by atoms with van der Waals surface area (Å²) in [6, 6.07) is 6.03. The first-order valence-electron chi connectivity index (χ1n) is 5.64. The number of methoxy groups -OCH3 is 1. The quantitative estimate of drug-likeness (QED) is 0.610. The fourth-order valence-electron chi connectivity index (χ4n) is 1.87. The molecule has 0 N–H and O–H groups in total. The molecule has 0 amide bonds. The minimum absolute atomic E-state index is 0.0240. The standard InChI is InChI=1S/C14H8Cl3F3O/c1-21-12-4-7(14(18,19)20)2-3-9(12)13-10(16)5-8(15)6-11(13)17/h2-6H,1H3. The van der Waals surface area contributed by atoms with Gasteiger partial charge in [0.1, 0.15) is 5.75 Å². The highest BCUT2D eigenvalue weighted by atomic mass is 35.5. The Morgan fingerprint density at radius 3 is 2.00 bits per heavy atom. The van der Waals surface area contributed by atoms with Crippen molar-refractivity contribution in [3.63, 3.8) is 0 Å². The van der Waals surface area contributed by atoms with E-state index in [1.807, 2.05) is 0 Å². The van der Waals surface area contributed by atoms with Gasteiger partial charge in [-0.1, -0.05) is 34.8 Å². The molecule has 7 heteroatoms. The van der Waals surface area contributed by atoms with Crippen molar-refractivity contribution in [2.75, 3.05) is 7.11 Å². The monoisotopic (exact) mass is 354 g/mol. The highest BCUT2D eigenvalue weighted by molar-refractivity contribution is 6.41. The molecular weight excluding hydrogens is 348 g/mol. The first-order chi connectivity index (χ1) is 9.74. The molecule has 2 aromatic carbocycles. The zero-order valence-corrected chi connectivity index (χ0v) is 12.8. The Morgan fingerprint density at radius 2 is 1.52 bits per heavy atom. The summed E-state index contributed by atoms with van der Waals surface area (Å²) in [6.45, 7) is 0. The number of hydrogen-bond acceptors (Lipinski definition) is 1. The Morgan fingerprint density at radius 1 is 0.952 bits per heavy atom. The first kappa shape index (κ1) is 16.3. The minimum atomic E-state index is -4.46. The minimum Gasteiger partial charge on any atom is -0.496 e. The Hall–Kier alpha value is -1.10. The molecule has 0 spiro atoms.